The van der Waals surface area contributed by atoms with E-state index in [1.54, 1.807) is 12.4 Å². The van der Waals surface area contributed by atoms with Crippen LogP contribution in [0.15, 0.2) is 12.4 Å². The van der Waals surface area contributed by atoms with E-state index in [0.29, 0.717) is 6.42 Å². The summed E-state index contributed by atoms with van der Waals surface area (Å²) in [7, 11) is 0. The van der Waals surface area contributed by atoms with E-state index in [9.17, 15) is 9.90 Å². The summed E-state index contributed by atoms with van der Waals surface area (Å²) in [6.45, 7) is 6.54. The van der Waals surface area contributed by atoms with Crippen molar-refractivity contribution in [2.45, 2.75) is 51.6 Å². The van der Waals surface area contributed by atoms with Crippen molar-refractivity contribution in [2.24, 2.45) is 0 Å². The minimum atomic E-state index is -0.804. The summed E-state index contributed by atoms with van der Waals surface area (Å²) in [4.78, 5) is 22.3. The fourth-order valence-electron chi connectivity index (χ4n) is 2.97. The van der Waals surface area contributed by atoms with E-state index in [1.807, 2.05) is 20.8 Å². The normalized spacial score (nSPS) is 26.1. The number of aromatic nitrogens is 2. The van der Waals surface area contributed by atoms with E-state index in [2.05, 4.69) is 14.9 Å². The Kier molecular flexibility index (Phi) is 3.85. The number of rotatable bonds is 3. The molecular weight excluding hydrogens is 242 g/mol. The predicted octanol–water partition coefficient (Wildman–Crippen LogP) is 2.18. The van der Waals surface area contributed by atoms with Crippen LogP contribution in [0, 0.1) is 6.92 Å². The highest BCUT2D eigenvalue weighted by Crippen LogP contribution is 2.35. The Bertz CT molecular complexity index is 478. The molecule has 1 aromatic rings. The van der Waals surface area contributed by atoms with Gasteiger partial charge in [0.25, 0.3) is 0 Å². The summed E-state index contributed by atoms with van der Waals surface area (Å²) in [6.07, 6.45) is 6.02. The van der Waals surface area contributed by atoms with Crippen LogP contribution in [0.25, 0.3) is 0 Å². The minimum Gasteiger partial charge on any atom is -0.480 e. The number of aliphatic carboxylic acids is 1. The van der Waals surface area contributed by atoms with Gasteiger partial charge in [0, 0.05) is 12.4 Å². The maximum absolute atomic E-state index is 11.6. The summed E-state index contributed by atoms with van der Waals surface area (Å²) in [5.41, 5.74) is 0.937. The highest BCUT2D eigenvalue weighted by atomic mass is 16.4. The summed E-state index contributed by atoms with van der Waals surface area (Å²) < 4.78 is 0. The van der Waals surface area contributed by atoms with Crippen molar-refractivity contribution in [3.8, 4) is 0 Å². The summed E-state index contributed by atoms with van der Waals surface area (Å²) in [5, 5.41) is 9.56. The molecule has 5 nitrogen and oxygen atoms in total. The topological polar surface area (TPSA) is 66.3 Å². The predicted molar refractivity (Wildman–Crippen MR) is 71.8 cm³/mol. The number of nitrogens with zero attached hydrogens (tertiary/aromatic N) is 3. The zero-order valence-corrected chi connectivity index (χ0v) is 11.8. The minimum absolute atomic E-state index is 0.0323. The van der Waals surface area contributed by atoms with Gasteiger partial charge in [-0.25, -0.2) is 0 Å². The van der Waals surface area contributed by atoms with E-state index >= 15 is 0 Å². The molecule has 2 heterocycles. The Morgan fingerprint density at radius 1 is 1.42 bits per heavy atom. The van der Waals surface area contributed by atoms with Gasteiger partial charge in [0.1, 0.15) is 5.54 Å². The van der Waals surface area contributed by atoms with Gasteiger partial charge in [-0.1, -0.05) is 0 Å². The van der Waals surface area contributed by atoms with Crippen molar-refractivity contribution in [1.82, 2.24) is 14.9 Å². The maximum atomic E-state index is 11.6. The molecule has 1 aliphatic rings. The van der Waals surface area contributed by atoms with Crippen LogP contribution in [0.2, 0.25) is 0 Å². The first-order valence-corrected chi connectivity index (χ1v) is 6.74. The maximum Gasteiger partial charge on any atom is 0.323 e. The molecule has 2 atom stereocenters. The third-order valence-electron chi connectivity index (χ3n) is 4.19. The molecule has 19 heavy (non-hydrogen) atoms. The molecule has 0 amide bonds. The van der Waals surface area contributed by atoms with Gasteiger partial charge in [0.2, 0.25) is 0 Å². The van der Waals surface area contributed by atoms with Crippen LogP contribution < -0.4 is 0 Å². The molecule has 1 fully saturated rings. The molecule has 0 radical (unpaired) electrons. The third-order valence-corrected chi connectivity index (χ3v) is 4.19. The standard InChI is InChI=1S/C14H21N3O2/c1-10-12(16-8-7-15-10)11(2)17-9-5-4-6-14(17,3)13(18)19/h7-8,11H,4-6,9H2,1-3H3,(H,18,19). The molecular formula is C14H21N3O2. The quantitative estimate of drug-likeness (QED) is 0.905. The molecule has 2 unspecified atom stereocenters. The molecule has 0 aromatic carbocycles. The summed E-state index contributed by atoms with van der Waals surface area (Å²) in [5.74, 6) is -0.749. The first-order valence-electron chi connectivity index (χ1n) is 6.74. The van der Waals surface area contributed by atoms with Crippen LogP contribution in [0.4, 0.5) is 0 Å². The lowest BCUT2D eigenvalue weighted by atomic mass is 9.86. The lowest BCUT2D eigenvalue weighted by Crippen LogP contribution is -2.56. The van der Waals surface area contributed by atoms with Crippen LogP contribution in [0.1, 0.15) is 50.5 Å². The van der Waals surface area contributed by atoms with Crippen molar-refractivity contribution >= 4 is 5.97 Å². The monoisotopic (exact) mass is 263 g/mol. The van der Waals surface area contributed by atoms with Gasteiger partial charge in [-0.2, -0.15) is 0 Å². The highest BCUT2D eigenvalue weighted by Gasteiger charge is 2.44. The van der Waals surface area contributed by atoms with Crippen LogP contribution >= 0.6 is 0 Å². The SMILES string of the molecule is Cc1nccnc1C(C)N1CCCCC1(C)C(=O)O. The van der Waals surface area contributed by atoms with Gasteiger partial charge in [-0.3, -0.25) is 19.7 Å². The Labute approximate surface area is 113 Å². The molecule has 0 aliphatic carbocycles. The van der Waals surface area contributed by atoms with E-state index in [4.69, 9.17) is 0 Å². The van der Waals surface area contributed by atoms with E-state index in [1.165, 1.54) is 0 Å². The van der Waals surface area contributed by atoms with Gasteiger partial charge in [0.15, 0.2) is 0 Å². The number of hydrogen-bond acceptors (Lipinski definition) is 4. The van der Waals surface area contributed by atoms with E-state index in [0.717, 1.165) is 30.8 Å². The molecule has 5 heteroatoms. The number of aryl methyl sites for hydroxylation is 1. The fraction of sp³-hybridized carbons (Fsp3) is 0.643. The number of carboxylic acid groups (broad SMARTS) is 1. The first-order chi connectivity index (χ1) is 8.97. The van der Waals surface area contributed by atoms with Gasteiger partial charge in [-0.15, -0.1) is 0 Å². The molecule has 0 spiro atoms. The second-order valence-electron chi connectivity index (χ2n) is 5.43. The molecule has 1 aromatic heterocycles. The molecule has 104 valence electrons. The second-order valence-corrected chi connectivity index (χ2v) is 5.43. The summed E-state index contributed by atoms with van der Waals surface area (Å²) >= 11 is 0. The number of carbonyl (C=O) groups is 1. The van der Waals surface area contributed by atoms with Crippen molar-refractivity contribution in [1.29, 1.82) is 0 Å². The molecule has 0 bridgehead atoms. The number of piperidine rings is 1. The largest absolute Gasteiger partial charge is 0.480 e. The Balaban J connectivity index is 2.33. The van der Waals surface area contributed by atoms with E-state index < -0.39 is 11.5 Å². The van der Waals surface area contributed by atoms with Crippen LogP contribution in [-0.4, -0.2) is 38.0 Å². The third kappa shape index (κ3) is 2.47. The molecule has 1 N–H and O–H groups in total. The molecule has 1 saturated heterocycles. The zero-order chi connectivity index (χ0) is 14.0. The number of likely N-dealkylation sites (tertiary alicyclic amines) is 1. The average molecular weight is 263 g/mol. The van der Waals surface area contributed by atoms with Crippen molar-refractivity contribution < 1.29 is 9.90 Å². The molecule has 1 aliphatic heterocycles. The van der Waals surface area contributed by atoms with Gasteiger partial charge < -0.3 is 5.11 Å². The average Bonchev–Trinajstić information content (AvgIpc) is 2.39. The Hall–Kier alpha value is -1.49. The van der Waals surface area contributed by atoms with Crippen LogP contribution in [0.3, 0.4) is 0 Å². The van der Waals surface area contributed by atoms with Gasteiger partial charge >= 0.3 is 5.97 Å². The summed E-state index contributed by atoms with van der Waals surface area (Å²) in [6, 6.07) is -0.0323. The smallest absolute Gasteiger partial charge is 0.323 e. The Morgan fingerprint density at radius 2 is 2.11 bits per heavy atom. The number of carboxylic acids is 1. The van der Waals surface area contributed by atoms with Gasteiger partial charge in [-0.05, 0) is 46.6 Å². The van der Waals surface area contributed by atoms with E-state index in [-0.39, 0.29) is 6.04 Å². The Morgan fingerprint density at radius 3 is 2.74 bits per heavy atom. The van der Waals surface area contributed by atoms with Crippen molar-refractivity contribution in [3.05, 3.63) is 23.8 Å². The lowest BCUT2D eigenvalue weighted by molar-refractivity contribution is -0.155. The van der Waals surface area contributed by atoms with Crippen molar-refractivity contribution in [3.63, 3.8) is 0 Å². The first kappa shape index (κ1) is 13.9. The zero-order valence-electron chi connectivity index (χ0n) is 11.8. The van der Waals surface area contributed by atoms with Crippen LogP contribution in [0.5, 0.6) is 0 Å². The highest BCUT2D eigenvalue weighted by molar-refractivity contribution is 5.78. The van der Waals surface area contributed by atoms with Crippen LogP contribution in [-0.2, 0) is 4.79 Å². The van der Waals surface area contributed by atoms with Gasteiger partial charge in [0.05, 0.1) is 17.4 Å². The molecule has 0 saturated carbocycles. The number of hydrogen-bond donors (Lipinski definition) is 1. The fourth-order valence-corrected chi connectivity index (χ4v) is 2.97. The second kappa shape index (κ2) is 5.25. The lowest BCUT2D eigenvalue weighted by Gasteiger charge is -2.45. The van der Waals surface area contributed by atoms with Crippen molar-refractivity contribution in [2.75, 3.05) is 6.54 Å². The molecule has 2 rings (SSSR count).